The molecule has 1 N–H and O–H groups in total. The van der Waals surface area contributed by atoms with E-state index in [2.05, 4.69) is 48.6 Å². The zero-order valence-corrected chi connectivity index (χ0v) is 12.3. The van der Waals surface area contributed by atoms with Crippen molar-refractivity contribution in [2.45, 2.75) is 32.4 Å². The van der Waals surface area contributed by atoms with Crippen LogP contribution in [0.15, 0.2) is 48.5 Å². The van der Waals surface area contributed by atoms with Gasteiger partial charge in [-0.2, -0.15) is 0 Å². The highest BCUT2D eigenvalue weighted by Gasteiger charge is 2.17. The Balaban J connectivity index is 1.50. The second-order valence-electron chi connectivity index (χ2n) is 5.46. The summed E-state index contributed by atoms with van der Waals surface area (Å²) in [6.07, 6.45) is 2.22. The van der Waals surface area contributed by atoms with Gasteiger partial charge in [-0.15, -0.1) is 0 Å². The number of hydrogen-bond donors (Lipinski definition) is 1. The van der Waals surface area contributed by atoms with Crippen LogP contribution in [-0.2, 0) is 13.0 Å². The third-order valence-electron chi connectivity index (χ3n) is 3.83. The van der Waals surface area contributed by atoms with Crippen LogP contribution >= 0.6 is 0 Å². The van der Waals surface area contributed by atoms with Crippen molar-refractivity contribution in [1.82, 2.24) is 5.32 Å². The van der Waals surface area contributed by atoms with E-state index in [9.17, 15) is 0 Å². The molecule has 1 atom stereocenters. The van der Waals surface area contributed by atoms with E-state index in [0.717, 1.165) is 36.4 Å². The minimum Gasteiger partial charge on any atom is -0.454 e. The summed E-state index contributed by atoms with van der Waals surface area (Å²) in [5.74, 6) is 1.74. The average Bonchev–Trinajstić information content (AvgIpc) is 3.01. The van der Waals surface area contributed by atoms with Crippen LogP contribution in [0.5, 0.6) is 11.5 Å². The maximum absolute atomic E-state index is 5.53. The SMILES string of the molecule is C[C@@H](CCc1ccccc1)NCc1cccc2c1OCO2. The zero-order valence-electron chi connectivity index (χ0n) is 12.3. The van der Waals surface area contributed by atoms with Crippen LogP contribution in [0.3, 0.4) is 0 Å². The third kappa shape index (κ3) is 3.56. The van der Waals surface area contributed by atoms with Gasteiger partial charge in [-0.05, 0) is 31.4 Å². The molecule has 0 bridgehead atoms. The minimum absolute atomic E-state index is 0.329. The Labute approximate surface area is 125 Å². The van der Waals surface area contributed by atoms with Crippen molar-refractivity contribution < 1.29 is 9.47 Å². The van der Waals surface area contributed by atoms with Crippen LogP contribution in [0.25, 0.3) is 0 Å². The molecule has 1 aliphatic rings. The fourth-order valence-corrected chi connectivity index (χ4v) is 2.54. The highest BCUT2D eigenvalue weighted by atomic mass is 16.7. The first-order valence-corrected chi connectivity index (χ1v) is 7.48. The Kier molecular flexibility index (Phi) is 4.41. The number of para-hydroxylation sites is 1. The topological polar surface area (TPSA) is 30.5 Å². The molecule has 0 amide bonds. The summed E-state index contributed by atoms with van der Waals surface area (Å²) in [5.41, 5.74) is 2.56. The average molecular weight is 283 g/mol. The molecule has 3 nitrogen and oxygen atoms in total. The van der Waals surface area contributed by atoms with Crippen LogP contribution < -0.4 is 14.8 Å². The molecule has 0 unspecified atom stereocenters. The van der Waals surface area contributed by atoms with Gasteiger partial charge in [0.25, 0.3) is 0 Å². The molecule has 0 aromatic heterocycles. The van der Waals surface area contributed by atoms with Gasteiger partial charge in [-0.1, -0.05) is 42.5 Å². The predicted octanol–water partition coefficient (Wildman–Crippen LogP) is 3.53. The van der Waals surface area contributed by atoms with Crippen LogP contribution in [0.1, 0.15) is 24.5 Å². The lowest BCUT2D eigenvalue weighted by molar-refractivity contribution is 0.173. The Morgan fingerprint density at radius 2 is 1.90 bits per heavy atom. The minimum atomic E-state index is 0.329. The van der Waals surface area contributed by atoms with Gasteiger partial charge in [0.1, 0.15) is 0 Å². The van der Waals surface area contributed by atoms with E-state index in [1.54, 1.807) is 0 Å². The van der Waals surface area contributed by atoms with Gasteiger partial charge in [0.15, 0.2) is 11.5 Å². The molecule has 2 aromatic carbocycles. The van der Waals surface area contributed by atoms with Crippen molar-refractivity contribution in [2.24, 2.45) is 0 Å². The number of nitrogens with one attached hydrogen (secondary N) is 1. The fourth-order valence-electron chi connectivity index (χ4n) is 2.54. The monoisotopic (exact) mass is 283 g/mol. The Bertz CT molecular complexity index is 583. The largest absolute Gasteiger partial charge is 0.454 e. The van der Waals surface area contributed by atoms with Crippen LogP contribution in [0, 0.1) is 0 Å². The molecular formula is C18H21NO2. The number of ether oxygens (including phenoxy) is 2. The van der Waals surface area contributed by atoms with Crippen molar-refractivity contribution in [2.75, 3.05) is 6.79 Å². The van der Waals surface area contributed by atoms with E-state index in [1.807, 2.05) is 12.1 Å². The van der Waals surface area contributed by atoms with Crippen LogP contribution in [-0.4, -0.2) is 12.8 Å². The van der Waals surface area contributed by atoms with Gasteiger partial charge in [0, 0.05) is 18.2 Å². The van der Waals surface area contributed by atoms with E-state index < -0.39 is 0 Å². The molecule has 0 spiro atoms. The van der Waals surface area contributed by atoms with E-state index in [1.165, 1.54) is 5.56 Å². The van der Waals surface area contributed by atoms with Crippen molar-refractivity contribution in [1.29, 1.82) is 0 Å². The highest BCUT2D eigenvalue weighted by molar-refractivity contribution is 5.48. The van der Waals surface area contributed by atoms with Gasteiger partial charge in [-0.3, -0.25) is 0 Å². The zero-order chi connectivity index (χ0) is 14.5. The predicted molar refractivity (Wildman–Crippen MR) is 83.6 cm³/mol. The normalized spacial score (nSPS) is 14.1. The molecule has 0 saturated heterocycles. The summed E-state index contributed by atoms with van der Waals surface area (Å²) >= 11 is 0. The van der Waals surface area contributed by atoms with Gasteiger partial charge < -0.3 is 14.8 Å². The maximum Gasteiger partial charge on any atom is 0.231 e. The summed E-state index contributed by atoms with van der Waals surface area (Å²) in [6, 6.07) is 17.1. The van der Waals surface area contributed by atoms with Gasteiger partial charge >= 0.3 is 0 Å². The van der Waals surface area contributed by atoms with Crippen molar-refractivity contribution >= 4 is 0 Å². The first-order chi connectivity index (χ1) is 10.3. The lowest BCUT2D eigenvalue weighted by Crippen LogP contribution is -2.26. The van der Waals surface area contributed by atoms with Crippen LogP contribution in [0.4, 0.5) is 0 Å². The Morgan fingerprint density at radius 1 is 1.05 bits per heavy atom. The summed E-state index contributed by atoms with van der Waals surface area (Å²) in [5, 5.41) is 3.56. The van der Waals surface area contributed by atoms with Crippen LogP contribution in [0.2, 0.25) is 0 Å². The summed E-state index contributed by atoms with van der Waals surface area (Å²) in [4.78, 5) is 0. The Hall–Kier alpha value is -2.00. The van der Waals surface area contributed by atoms with E-state index >= 15 is 0 Å². The lowest BCUT2D eigenvalue weighted by Gasteiger charge is -2.14. The number of aryl methyl sites for hydroxylation is 1. The van der Waals surface area contributed by atoms with Gasteiger partial charge in [-0.25, -0.2) is 0 Å². The summed E-state index contributed by atoms with van der Waals surface area (Å²) in [7, 11) is 0. The lowest BCUT2D eigenvalue weighted by atomic mass is 10.1. The molecule has 110 valence electrons. The molecule has 3 heteroatoms. The van der Waals surface area contributed by atoms with Gasteiger partial charge in [0.05, 0.1) is 0 Å². The molecule has 1 aliphatic heterocycles. The molecule has 0 saturated carbocycles. The smallest absolute Gasteiger partial charge is 0.231 e. The quantitative estimate of drug-likeness (QED) is 0.880. The molecule has 1 heterocycles. The van der Waals surface area contributed by atoms with Crippen molar-refractivity contribution in [3.8, 4) is 11.5 Å². The number of hydrogen-bond acceptors (Lipinski definition) is 3. The number of rotatable bonds is 6. The van der Waals surface area contributed by atoms with E-state index in [-0.39, 0.29) is 0 Å². The summed E-state index contributed by atoms with van der Waals surface area (Å²) in [6.45, 7) is 3.36. The van der Waals surface area contributed by atoms with Crippen molar-refractivity contribution in [3.63, 3.8) is 0 Å². The van der Waals surface area contributed by atoms with Crippen molar-refractivity contribution in [3.05, 3.63) is 59.7 Å². The first kappa shape index (κ1) is 14.0. The molecule has 0 aliphatic carbocycles. The van der Waals surface area contributed by atoms with E-state index in [4.69, 9.17) is 9.47 Å². The first-order valence-electron chi connectivity index (χ1n) is 7.48. The molecule has 0 radical (unpaired) electrons. The van der Waals surface area contributed by atoms with Gasteiger partial charge in [0.2, 0.25) is 6.79 Å². The second-order valence-corrected chi connectivity index (χ2v) is 5.46. The third-order valence-corrected chi connectivity index (χ3v) is 3.83. The van der Waals surface area contributed by atoms with E-state index in [0.29, 0.717) is 12.8 Å². The standard InChI is InChI=1S/C18H21NO2/c1-14(10-11-15-6-3-2-4-7-15)19-12-16-8-5-9-17-18(16)21-13-20-17/h2-9,14,19H,10-13H2,1H3/t14-/m0/s1. The fraction of sp³-hybridized carbons (Fsp3) is 0.333. The second kappa shape index (κ2) is 6.64. The molecule has 3 rings (SSSR count). The molecular weight excluding hydrogens is 262 g/mol. The summed E-state index contributed by atoms with van der Waals surface area (Å²) < 4.78 is 10.9. The maximum atomic E-state index is 5.53. The Morgan fingerprint density at radius 3 is 2.76 bits per heavy atom. The molecule has 2 aromatic rings. The molecule has 21 heavy (non-hydrogen) atoms. The number of fused-ring (bicyclic) bond motifs is 1. The molecule has 0 fully saturated rings. The highest BCUT2D eigenvalue weighted by Crippen LogP contribution is 2.35. The number of benzene rings is 2.